The quantitative estimate of drug-likeness (QED) is 0.327. The number of benzene rings is 2. The molecule has 42 heavy (non-hydrogen) atoms. The minimum Gasteiger partial charge on any atom is -0.487 e. The van der Waals surface area contributed by atoms with E-state index in [1.807, 2.05) is 30.9 Å². The summed E-state index contributed by atoms with van der Waals surface area (Å²) in [5.41, 5.74) is 0.462. The fourth-order valence-electron chi connectivity index (χ4n) is 8.31. The number of alkyl halides is 3. The van der Waals surface area contributed by atoms with E-state index in [0.29, 0.717) is 24.9 Å². The topological polar surface area (TPSA) is 59.1 Å². The van der Waals surface area contributed by atoms with Crippen LogP contribution in [-0.4, -0.2) is 65.6 Å². The van der Waals surface area contributed by atoms with Crippen LogP contribution in [0, 0.1) is 5.92 Å². The van der Waals surface area contributed by atoms with Crippen LogP contribution in [0.2, 0.25) is 0 Å². The van der Waals surface area contributed by atoms with Gasteiger partial charge in [0.1, 0.15) is 17.5 Å². The maximum atomic E-state index is 13.9. The van der Waals surface area contributed by atoms with Gasteiger partial charge in [-0.3, -0.25) is 14.5 Å². The number of esters is 1. The van der Waals surface area contributed by atoms with Crippen molar-refractivity contribution in [3.63, 3.8) is 0 Å². The molecule has 5 atom stereocenters. The first-order chi connectivity index (χ1) is 19.9. The Morgan fingerprint density at radius 1 is 1.19 bits per heavy atom. The van der Waals surface area contributed by atoms with Gasteiger partial charge in [0.25, 0.3) is 0 Å². The molecule has 0 N–H and O–H groups in total. The van der Waals surface area contributed by atoms with Crippen molar-refractivity contribution in [3.8, 4) is 5.75 Å². The van der Waals surface area contributed by atoms with Crippen LogP contribution in [0.5, 0.6) is 5.75 Å². The minimum absolute atomic E-state index is 0.0156. The fraction of sp³-hybridized carbons (Fsp3) is 0.515. The van der Waals surface area contributed by atoms with Gasteiger partial charge < -0.3 is 14.4 Å². The number of likely N-dealkylation sites (N-methyl/N-ethyl adjacent to an activating group) is 1. The van der Waals surface area contributed by atoms with Gasteiger partial charge in [0, 0.05) is 25.1 Å². The monoisotopic (exact) mass is 582 g/mol. The maximum absolute atomic E-state index is 13.9. The zero-order valence-corrected chi connectivity index (χ0v) is 24.4. The first-order valence-corrected chi connectivity index (χ1v) is 14.7. The molecule has 1 saturated heterocycles. The Morgan fingerprint density at radius 3 is 2.67 bits per heavy atom. The Bertz CT molecular complexity index is 1440. The van der Waals surface area contributed by atoms with Crippen LogP contribution in [0.25, 0.3) is 6.08 Å². The number of piperidine rings is 1. The summed E-state index contributed by atoms with van der Waals surface area (Å²) in [5, 5.41) is 0. The number of halogens is 3. The molecule has 2 aliphatic carbocycles. The van der Waals surface area contributed by atoms with Crippen LogP contribution in [0.3, 0.4) is 0 Å². The average molecular weight is 583 g/mol. The van der Waals surface area contributed by atoms with E-state index >= 15 is 0 Å². The molecule has 224 valence electrons. The number of ether oxygens (including phenoxy) is 2. The molecule has 9 heteroatoms. The summed E-state index contributed by atoms with van der Waals surface area (Å²) in [7, 11) is 2.09. The molecule has 2 heterocycles. The second-order valence-electron chi connectivity index (χ2n) is 12.7. The van der Waals surface area contributed by atoms with Gasteiger partial charge in [0.2, 0.25) is 5.91 Å². The van der Waals surface area contributed by atoms with Crippen LogP contribution in [-0.2, 0) is 32.3 Å². The molecular weight excluding hydrogens is 545 g/mol. The summed E-state index contributed by atoms with van der Waals surface area (Å²) in [6.45, 7) is 6.80. The largest absolute Gasteiger partial charge is 0.487 e. The Morgan fingerprint density at radius 2 is 1.95 bits per heavy atom. The molecule has 2 aliphatic heterocycles. The zero-order chi connectivity index (χ0) is 30.0. The van der Waals surface area contributed by atoms with Gasteiger partial charge in [-0.15, -0.1) is 0 Å². The standard InChI is InChI=1S/C33H37F3N2O4/c1-20(2)19-38(28(40)12-11-22-7-5-9-24(17-22)33(34,35)36)25-13-14-32(42-21(3)39)27-18-23-8-6-10-26-29(23)31(32,30(25)41-26)15-16-37(27)4/h5-12,17,20,25,27,30H,13-16,18-19H2,1-4H3/t25-,27-,30+,31+,32-/m1/s1. The summed E-state index contributed by atoms with van der Waals surface area (Å²) >= 11 is 0. The van der Waals surface area contributed by atoms with Crippen molar-refractivity contribution in [2.24, 2.45) is 5.92 Å². The Hall–Kier alpha value is -3.33. The lowest BCUT2D eigenvalue weighted by molar-refractivity contribution is -0.221. The van der Waals surface area contributed by atoms with E-state index in [4.69, 9.17) is 9.47 Å². The lowest BCUT2D eigenvalue weighted by atomic mass is 9.48. The molecule has 1 spiro atoms. The van der Waals surface area contributed by atoms with Crippen LogP contribution < -0.4 is 4.74 Å². The third-order valence-electron chi connectivity index (χ3n) is 9.76. The summed E-state index contributed by atoms with van der Waals surface area (Å²) < 4.78 is 53.0. The predicted molar refractivity (Wildman–Crippen MR) is 152 cm³/mol. The molecule has 0 aromatic heterocycles. The molecule has 1 saturated carbocycles. The van der Waals surface area contributed by atoms with Crippen LogP contribution in [0.1, 0.15) is 62.3 Å². The highest BCUT2D eigenvalue weighted by Gasteiger charge is 2.75. The van der Waals surface area contributed by atoms with Gasteiger partial charge in [0.15, 0.2) is 0 Å². The summed E-state index contributed by atoms with van der Waals surface area (Å²) in [6.07, 6.45) is 0.559. The molecule has 6 rings (SSSR count). The van der Waals surface area contributed by atoms with Crippen LogP contribution >= 0.6 is 0 Å². The zero-order valence-electron chi connectivity index (χ0n) is 24.4. The van der Waals surface area contributed by atoms with Gasteiger partial charge in [-0.1, -0.05) is 38.1 Å². The lowest BCUT2D eigenvalue weighted by Crippen LogP contribution is -2.79. The molecule has 0 radical (unpaired) electrons. The van der Waals surface area contributed by atoms with E-state index in [2.05, 4.69) is 18.0 Å². The molecule has 4 aliphatic rings. The molecule has 2 fully saturated rings. The van der Waals surface area contributed by atoms with E-state index in [-0.39, 0.29) is 29.9 Å². The Labute approximate surface area is 244 Å². The van der Waals surface area contributed by atoms with Crippen molar-refractivity contribution in [2.75, 3.05) is 20.1 Å². The predicted octanol–water partition coefficient (Wildman–Crippen LogP) is 5.63. The van der Waals surface area contributed by atoms with E-state index in [1.165, 1.54) is 30.7 Å². The highest BCUT2D eigenvalue weighted by atomic mass is 19.4. The molecule has 0 unspecified atom stereocenters. The van der Waals surface area contributed by atoms with Crippen molar-refractivity contribution in [3.05, 3.63) is 70.8 Å². The van der Waals surface area contributed by atoms with Gasteiger partial charge >= 0.3 is 12.1 Å². The minimum atomic E-state index is -4.47. The normalized spacial score (nSPS) is 29.8. The van der Waals surface area contributed by atoms with Crippen molar-refractivity contribution in [1.29, 1.82) is 0 Å². The van der Waals surface area contributed by atoms with Crippen LogP contribution in [0.15, 0.2) is 48.5 Å². The van der Waals surface area contributed by atoms with Crippen molar-refractivity contribution in [1.82, 2.24) is 9.80 Å². The van der Waals surface area contributed by atoms with Crippen molar-refractivity contribution < 1.29 is 32.2 Å². The van der Waals surface area contributed by atoms with E-state index in [1.54, 1.807) is 6.07 Å². The second kappa shape index (κ2) is 10.1. The third-order valence-corrected chi connectivity index (χ3v) is 9.76. The number of hydrogen-bond donors (Lipinski definition) is 0. The van der Waals surface area contributed by atoms with Gasteiger partial charge in [-0.25, -0.2) is 0 Å². The number of nitrogens with zero attached hydrogens (tertiary/aromatic N) is 2. The Kier molecular flexibility index (Phi) is 6.95. The first-order valence-electron chi connectivity index (χ1n) is 14.7. The SMILES string of the molecule is CC(=O)O[C@@]12CC[C@@H](N(CC(C)C)C(=O)C=Cc3cccc(C(F)(F)F)c3)[C@@H]3Oc4cccc5c4[C@@]31CCN(C)[C@@H]2C5. The molecular formula is C33H37F3N2O4. The van der Waals surface area contributed by atoms with E-state index < -0.39 is 28.9 Å². The highest BCUT2D eigenvalue weighted by molar-refractivity contribution is 5.92. The number of carbonyl (C=O) groups excluding carboxylic acids is 2. The van der Waals surface area contributed by atoms with E-state index in [0.717, 1.165) is 42.8 Å². The second-order valence-corrected chi connectivity index (χ2v) is 12.7. The summed E-state index contributed by atoms with van der Waals surface area (Å²) in [6, 6.07) is 10.7. The third kappa shape index (κ3) is 4.34. The molecule has 2 aromatic rings. The lowest BCUT2D eigenvalue weighted by Gasteiger charge is -2.65. The average Bonchev–Trinajstić information content (AvgIpc) is 3.27. The maximum Gasteiger partial charge on any atom is 0.416 e. The molecule has 1 amide bonds. The molecule has 2 bridgehead atoms. The van der Waals surface area contributed by atoms with Crippen LogP contribution in [0.4, 0.5) is 13.2 Å². The van der Waals surface area contributed by atoms with Gasteiger partial charge in [0.05, 0.1) is 23.1 Å². The van der Waals surface area contributed by atoms with Gasteiger partial charge in [-0.05, 0) is 80.6 Å². The number of amides is 1. The number of carbonyl (C=O) groups is 2. The number of hydrogen-bond acceptors (Lipinski definition) is 5. The van der Waals surface area contributed by atoms with Crippen molar-refractivity contribution >= 4 is 18.0 Å². The molecule has 6 nitrogen and oxygen atoms in total. The Balaban J connectivity index is 1.40. The van der Waals surface area contributed by atoms with Crippen molar-refractivity contribution in [2.45, 2.75) is 81.8 Å². The molecule has 2 aromatic carbocycles. The smallest absolute Gasteiger partial charge is 0.416 e. The fourth-order valence-corrected chi connectivity index (χ4v) is 8.31. The summed E-state index contributed by atoms with van der Waals surface area (Å²) in [4.78, 5) is 30.7. The summed E-state index contributed by atoms with van der Waals surface area (Å²) in [5.74, 6) is 0.339. The first kappa shape index (κ1) is 28.8. The van der Waals surface area contributed by atoms with E-state index in [9.17, 15) is 22.8 Å². The van der Waals surface area contributed by atoms with Gasteiger partial charge in [-0.2, -0.15) is 13.2 Å². The number of likely N-dealkylation sites (tertiary alicyclic amines) is 1. The number of rotatable bonds is 6. The highest BCUT2D eigenvalue weighted by Crippen LogP contribution is 2.65.